The Morgan fingerprint density at radius 2 is 1.60 bits per heavy atom. The fraction of sp³-hybridized carbons (Fsp3) is 0.390. The molecule has 364 valence electrons. The van der Waals surface area contributed by atoms with Crippen LogP contribution in [0.25, 0.3) is 22.0 Å². The fourth-order valence-corrected chi connectivity index (χ4v) is 9.30. The Morgan fingerprint density at radius 3 is 2.18 bits per heavy atom. The first-order valence-corrected chi connectivity index (χ1v) is 23.9. The van der Waals surface area contributed by atoms with Crippen molar-refractivity contribution in [2.45, 2.75) is 74.8 Å². The minimum absolute atomic E-state index is 0.0317. The molecule has 1 fully saturated rings. The first kappa shape index (κ1) is 50.1. The highest BCUT2D eigenvalue weighted by molar-refractivity contribution is 7.93. The number of nitrogens with zero attached hydrogens (tertiary/aromatic N) is 6. The van der Waals surface area contributed by atoms with Gasteiger partial charge in [0.05, 0.1) is 40.5 Å². The van der Waals surface area contributed by atoms with Crippen molar-refractivity contribution in [2.75, 3.05) is 23.4 Å². The number of carbonyl (C=O) groups is 2. The van der Waals surface area contributed by atoms with Crippen molar-refractivity contribution in [1.29, 1.82) is 0 Å². The molecule has 3 atom stereocenters. The molecular weight excluding hydrogens is 990 g/mol. The van der Waals surface area contributed by atoms with E-state index in [4.69, 9.17) is 17.3 Å². The van der Waals surface area contributed by atoms with E-state index in [0.29, 0.717) is 12.3 Å². The Morgan fingerprint density at radius 1 is 0.971 bits per heavy atom. The van der Waals surface area contributed by atoms with Gasteiger partial charge < -0.3 is 11.1 Å². The standard InChI is InChI=1S/C41H35ClF10N8O6S2/c1-38(2,67(3,63)64)10-9-22-5-6-23(24-7-8-27(42)32-34(24)59(18-39(45,46)47)57-37(32)60(30(62)16-53)68(4,65)66)33(54-22)28(13-19-11-20(43)14-21(44)12-19)55-29(61)17-58-36-31(35(56-58)41(50,51)52)25-15-26(25)40(36,48)49/h5-8,11-12,14,25-26,28H,13,15-18,53H2,1-4H3,(H,55,61)/t25-,26+,28-/m0/s1. The SMILES string of the molecule is CC(C)(C#Cc1ccc(-c2ccc(Cl)c3c(N(C(=O)CN)S(C)(=O)=O)nn(CC(F)(F)F)c23)c([C@H](Cc2cc(F)cc(F)c2)NC(=O)Cn2nc(C(F)(F)F)c3c2C(F)(F)[C@@H]2C[C@H]32)n1)S(C)(=O)=O. The summed E-state index contributed by atoms with van der Waals surface area (Å²) in [5, 5.41) is 8.62. The number of alkyl halides is 8. The van der Waals surface area contributed by atoms with Gasteiger partial charge in [0.15, 0.2) is 21.3 Å². The van der Waals surface area contributed by atoms with E-state index in [2.05, 4.69) is 32.3 Å². The molecule has 27 heteroatoms. The second kappa shape index (κ2) is 17.0. The van der Waals surface area contributed by atoms with Crippen LogP contribution in [0.1, 0.15) is 66.1 Å². The summed E-state index contributed by atoms with van der Waals surface area (Å²) in [5.41, 5.74) is -0.328. The monoisotopic (exact) mass is 1020 g/mol. The van der Waals surface area contributed by atoms with Crippen LogP contribution in [0.4, 0.5) is 49.7 Å². The lowest BCUT2D eigenvalue weighted by atomic mass is 9.93. The van der Waals surface area contributed by atoms with Crippen LogP contribution in [0.3, 0.4) is 0 Å². The molecule has 2 amide bonds. The van der Waals surface area contributed by atoms with E-state index in [1.807, 2.05) is 0 Å². The molecule has 1 saturated carbocycles. The van der Waals surface area contributed by atoms with Crippen LogP contribution in [-0.4, -0.2) is 83.2 Å². The largest absolute Gasteiger partial charge is 0.435 e. The fourth-order valence-electron chi connectivity index (χ4n) is 7.94. The molecule has 0 spiro atoms. The van der Waals surface area contributed by atoms with Crippen LogP contribution in [0.2, 0.25) is 5.02 Å². The molecule has 0 unspecified atom stereocenters. The number of amides is 2. The third-order valence-corrected chi connectivity index (χ3v) is 14.5. The van der Waals surface area contributed by atoms with Gasteiger partial charge in [0, 0.05) is 34.9 Å². The second-order valence-corrected chi connectivity index (χ2v) is 21.4. The summed E-state index contributed by atoms with van der Waals surface area (Å²) in [6, 6.07) is 4.80. The zero-order valence-electron chi connectivity index (χ0n) is 35.5. The molecule has 3 heterocycles. The van der Waals surface area contributed by atoms with Crippen molar-refractivity contribution in [1.82, 2.24) is 29.9 Å². The Kier molecular flexibility index (Phi) is 12.5. The molecule has 2 aliphatic carbocycles. The average Bonchev–Trinajstić information content (AvgIpc) is 3.71. The molecule has 7 rings (SSSR count). The number of rotatable bonds is 12. The Balaban J connectivity index is 1.49. The lowest BCUT2D eigenvalue weighted by molar-refractivity contribution is -0.143. The van der Waals surface area contributed by atoms with Crippen LogP contribution in [0.15, 0.2) is 42.5 Å². The third kappa shape index (κ3) is 9.61. The highest BCUT2D eigenvalue weighted by Crippen LogP contribution is 2.68. The summed E-state index contributed by atoms with van der Waals surface area (Å²) in [6.07, 6.45) is -9.87. The number of fused-ring (bicyclic) bond motifs is 4. The number of sulfone groups is 1. The van der Waals surface area contributed by atoms with Gasteiger partial charge in [-0.15, -0.1) is 0 Å². The minimum atomic E-state index is -5.21. The first-order chi connectivity index (χ1) is 31.2. The summed E-state index contributed by atoms with van der Waals surface area (Å²) < 4.78 is 196. The number of carbonyl (C=O) groups excluding carboxylic acids is 2. The molecule has 5 aromatic rings. The van der Waals surface area contributed by atoms with Gasteiger partial charge in [-0.1, -0.05) is 23.6 Å². The highest BCUT2D eigenvalue weighted by atomic mass is 35.5. The first-order valence-electron chi connectivity index (χ1n) is 19.8. The maximum atomic E-state index is 15.5. The van der Waals surface area contributed by atoms with Gasteiger partial charge >= 0.3 is 12.4 Å². The number of nitrogens with two attached hydrogens (primary N) is 1. The number of hydrogen-bond donors (Lipinski definition) is 2. The summed E-state index contributed by atoms with van der Waals surface area (Å²) >= 11 is 6.54. The lowest BCUT2D eigenvalue weighted by Gasteiger charge is -2.23. The molecule has 3 aromatic heterocycles. The van der Waals surface area contributed by atoms with Gasteiger partial charge in [-0.3, -0.25) is 19.0 Å². The summed E-state index contributed by atoms with van der Waals surface area (Å²) in [6.45, 7) is -1.75. The lowest BCUT2D eigenvalue weighted by Crippen LogP contribution is -2.40. The van der Waals surface area contributed by atoms with E-state index in [0.717, 1.165) is 42.7 Å². The van der Waals surface area contributed by atoms with Crippen molar-refractivity contribution in [3.05, 3.63) is 93.0 Å². The van der Waals surface area contributed by atoms with Crippen LogP contribution in [0.5, 0.6) is 0 Å². The highest BCUT2D eigenvalue weighted by Gasteiger charge is 2.68. The van der Waals surface area contributed by atoms with Crippen molar-refractivity contribution in [2.24, 2.45) is 11.7 Å². The van der Waals surface area contributed by atoms with Gasteiger partial charge in [-0.25, -0.2) is 30.6 Å². The van der Waals surface area contributed by atoms with Gasteiger partial charge in [0.2, 0.25) is 15.9 Å². The number of hydrogen-bond acceptors (Lipinski definition) is 10. The van der Waals surface area contributed by atoms with Crippen LogP contribution < -0.4 is 15.4 Å². The Hall–Kier alpha value is -5.78. The van der Waals surface area contributed by atoms with Crippen LogP contribution >= 0.6 is 11.6 Å². The van der Waals surface area contributed by atoms with Crippen LogP contribution in [0, 0.1) is 29.4 Å². The number of pyridine rings is 1. The normalized spacial score (nSPS) is 17.3. The molecule has 68 heavy (non-hydrogen) atoms. The smallest absolute Gasteiger partial charge is 0.346 e. The molecule has 0 bridgehead atoms. The maximum absolute atomic E-state index is 15.5. The summed E-state index contributed by atoms with van der Waals surface area (Å²) in [4.78, 5) is 31.6. The Labute approximate surface area is 384 Å². The van der Waals surface area contributed by atoms with E-state index >= 15 is 8.78 Å². The predicted molar refractivity (Wildman–Crippen MR) is 224 cm³/mol. The Bertz CT molecular complexity index is 3200. The zero-order chi connectivity index (χ0) is 50.4. The van der Waals surface area contributed by atoms with E-state index in [1.54, 1.807) is 0 Å². The quantitative estimate of drug-likeness (QED) is 0.102. The second-order valence-electron chi connectivity index (χ2n) is 16.6. The molecule has 14 nitrogen and oxygen atoms in total. The summed E-state index contributed by atoms with van der Waals surface area (Å²) in [7, 11) is -8.60. The van der Waals surface area contributed by atoms with Gasteiger partial charge in [0.1, 0.15) is 40.9 Å². The topological polar surface area (TPSA) is 192 Å². The number of halogens is 11. The molecular formula is C41H35ClF10N8O6S2. The number of nitrogens with one attached hydrogen (secondary N) is 1. The van der Waals surface area contributed by atoms with Crippen molar-refractivity contribution < 1.29 is 70.3 Å². The minimum Gasteiger partial charge on any atom is -0.346 e. The number of aromatic nitrogens is 5. The van der Waals surface area contributed by atoms with Gasteiger partial charge in [-0.2, -0.15) is 49.6 Å². The molecule has 0 aliphatic heterocycles. The predicted octanol–water partition coefficient (Wildman–Crippen LogP) is 6.54. The third-order valence-electron chi connectivity index (χ3n) is 11.2. The molecule has 0 radical (unpaired) electrons. The van der Waals surface area contributed by atoms with Crippen molar-refractivity contribution in [3.8, 4) is 23.0 Å². The van der Waals surface area contributed by atoms with Crippen LogP contribution in [-0.2, 0) is 61.1 Å². The molecule has 2 aromatic carbocycles. The summed E-state index contributed by atoms with van der Waals surface area (Å²) in [5.74, 6) is -7.30. The zero-order valence-corrected chi connectivity index (χ0v) is 37.9. The number of sulfonamides is 1. The van der Waals surface area contributed by atoms with Crippen molar-refractivity contribution >= 4 is 60.0 Å². The molecule has 3 N–H and O–H groups in total. The number of anilines is 1. The molecule has 0 saturated heterocycles. The van der Waals surface area contributed by atoms with E-state index < -0.39 is 155 Å². The molecule has 2 aliphatic rings. The van der Waals surface area contributed by atoms with Gasteiger partial charge in [0.25, 0.3) is 11.8 Å². The van der Waals surface area contributed by atoms with E-state index in [9.17, 15) is 61.5 Å². The number of benzene rings is 2. The maximum Gasteiger partial charge on any atom is 0.435 e. The average molecular weight is 1030 g/mol. The van der Waals surface area contributed by atoms with Crippen molar-refractivity contribution in [3.63, 3.8) is 0 Å². The van der Waals surface area contributed by atoms with E-state index in [1.165, 1.54) is 13.8 Å². The van der Waals surface area contributed by atoms with Gasteiger partial charge in [-0.05, 0) is 74.4 Å². The van der Waals surface area contributed by atoms with E-state index in [-0.39, 0.29) is 42.5 Å².